The van der Waals surface area contributed by atoms with E-state index >= 15 is 0 Å². The number of amides is 1. The Kier molecular flexibility index (Phi) is 5.27. The molecule has 122 valence electrons. The molecule has 2 aromatic heterocycles. The Morgan fingerprint density at radius 1 is 1.25 bits per heavy atom. The Hall–Kier alpha value is -2.18. The Morgan fingerprint density at radius 2 is 2.12 bits per heavy atom. The first kappa shape index (κ1) is 16.7. The highest BCUT2D eigenvalue weighted by atomic mass is 79.9. The van der Waals surface area contributed by atoms with E-state index in [2.05, 4.69) is 26.2 Å². The fourth-order valence-corrected chi connectivity index (χ4v) is 3.23. The Bertz CT molecular complexity index is 819. The van der Waals surface area contributed by atoms with Crippen LogP contribution in [0.25, 0.3) is 0 Å². The van der Waals surface area contributed by atoms with Gasteiger partial charge in [0, 0.05) is 21.6 Å². The summed E-state index contributed by atoms with van der Waals surface area (Å²) in [6, 6.07) is 14.8. The summed E-state index contributed by atoms with van der Waals surface area (Å²) in [4.78, 5) is 17.6. The van der Waals surface area contributed by atoms with Crippen molar-refractivity contribution in [1.82, 2.24) is 10.3 Å². The van der Waals surface area contributed by atoms with Crippen molar-refractivity contribution in [2.45, 2.75) is 13.0 Å². The normalized spacial score (nSPS) is 11.8. The second kappa shape index (κ2) is 7.59. The molecule has 1 amide bonds. The number of aromatic nitrogens is 1. The number of nitrogens with one attached hydrogen (secondary N) is 1. The molecule has 1 aromatic carbocycles. The summed E-state index contributed by atoms with van der Waals surface area (Å²) >= 11 is 5.01. The van der Waals surface area contributed by atoms with Crippen LogP contribution in [0.2, 0.25) is 0 Å². The molecule has 0 aliphatic carbocycles. The van der Waals surface area contributed by atoms with Gasteiger partial charge in [-0.1, -0.05) is 28.1 Å². The molecule has 0 bridgehead atoms. The van der Waals surface area contributed by atoms with Crippen molar-refractivity contribution in [3.05, 3.63) is 75.0 Å². The third kappa shape index (κ3) is 4.21. The van der Waals surface area contributed by atoms with Crippen LogP contribution < -0.4 is 10.1 Å². The van der Waals surface area contributed by atoms with Crippen LogP contribution in [0.3, 0.4) is 0 Å². The fraction of sp³-hybridized carbons (Fsp3) is 0.111. The molecule has 0 saturated heterocycles. The molecule has 3 rings (SSSR count). The Labute approximate surface area is 152 Å². The number of carbonyl (C=O) groups is 1. The number of hydrogen-bond donors (Lipinski definition) is 1. The highest BCUT2D eigenvalue weighted by Crippen LogP contribution is 2.23. The van der Waals surface area contributed by atoms with E-state index in [1.165, 1.54) is 6.20 Å². The van der Waals surface area contributed by atoms with Crippen molar-refractivity contribution in [1.29, 1.82) is 0 Å². The molecule has 0 spiro atoms. The predicted octanol–water partition coefficient (Wildman–Crippen LogP) is 5.19. The van der Waals surface area contributed by atoms with Crippen molar-refractivity contribution < 1.29 is 9.53 Å². The maximum Gasteiger partial charge on any atom is 0.253 e. The molecular formula is C18H15BrN2O2S. The lowest BCUT2D eigenvalue weighted by Gasteiger charge is -2.12. The van der Waals surface area contributed by atoms with E-state index in [4.69, 9.17) is 4.74 Å². The van der Waals surface area contributed by atoms with Gasteiger partial charge in [0.15, 0.2) is 0 Å². The largest absolute Gasteiger partial charge is 0.439 e. The number of hydrogen-bond acceptors (Lipinski definition) is 4. The average Bonchev–Trinajstić information content (AvgIpc) is 3.10. The number of thiophene rings is 1. The molecular weight excluding hydrogens is 388 g/mol. The van der Waals surface area contributed by atoms with Gasteiger partial charge in [-0.15, -0.1) is 11.3 Å². The molecule has 2 heterocycles. The van der Waals surface area contributed by atoms with Gasteiger partial charge in [0.05, 0.1) is 11.6 Å². The molecule has 6 heteroatoms. The standard InChI is InChI=1S/C18H15BrN2O2S/c1-12(16-6-3-9-24-16)21-18(22)13-7-8-17(20-11-13)23-15-5-2-4-14(19)10-15/h2-12H,1H3,(H,21,22). The first-order chi connectivity index (χ1) is 11.6. The van der Waals surface area contributed by atoms with Crippen LogP contribution in [0.15, 0.2) is 64.6 Å². The smallest absolute Gasteiger partial charge is 0.253 e. The minimum atomic E-state index is -0.155. The zero-order chi connectivity index (χ0) is 16.9. The first-order valence-corrected chi connectivity index (χ1v) is 9.03. The van der Waals surface area contributed by atoms with Crippen LogP contribution >= 0.6 is 27.3 Å². The van der Waals surface area contributed by atoms with Crippen molar-refractivity contribution >= 4 is 33.2 Å². The van der Waals surface area contributed by atoms with Gasteiger partial charge in [0.2, 0.25) is 5.88 Å². The minimum Gasteiger partial charge on any atom is -0.439 e. The summed E-state index contributed by atoms with van der Waals surface area (Å²) < 4.78 is 6.59. The second-order valence-electron chi connectivity index (χ2n) is 5.16. The summed E-state index contributed by atoms with van der Waals surface area (Å²) in [6.45, 7) is 1.96. The Morgan fingerprint density at radius 3 is 2.79 bits per heavy atom. The second-order valence-corrected chi connectivity index (χ2v) is 7.05. The molecule has 1 atom stereocenters. The number of rotatable bonds is 5. The molecule has 0 fully saturated rings. The van der Waals surface area contributed by atoms with E-state index in [0.29, 0.717) is 17.2 Å². The monoisotopic (exact) mass is 402 g/mol. The third-order valence-corrected chi connectivity index (χ3v) is 4.88. The van der Waals surface area contributed by atoms with Gasteiger partial charge in [0.1, 0.15) is 5.75 Å². The molecule has 1 N–H and O–H groups in total. The number of benzene rings is 1. The highest BCUT2D eigenvalue weighted by Gasteiger charge is 2.12. The van der Waals surface area contributed by atoms with E-state index in [1.54, 1.807) is 23.5 Å². The number of ether oxygens (including phenoxy) is 1. The quantitative estimate of drug-likeness (QED) is 0.638. The van der Waals surface area contributed by atoms with Crippen LogP contribution in [0.1, 0.15) is 28.2 Å². The predicted molar refractivity (Wildman–Crippen MR) is 98.7 cm³/mol. The van der Waals surface area contributed by atoms with Crippen LogP contribution in [-0.2, 0) is 0 Å². The lowest BCUT2D eigenvalue weighted by atomic mass is 10.2. The van der Waals surface area contributed by atoms with E-state index in [1.807, 2.05) is 48.7 Å². The average molecular weight is 403 g/mol. The summed E-state index contributed by atoms with van der Waals surface area (Å²) in [6.07, 6.45) is 1.52. The summed E-state index contributed by atoms with van der Waals surface area (Å²) in [5, 5.41) is 4.95. The molecule has 0 saturated carbocycles. The fourth-order valence-electron chi connectivity index (χ4n) is 2.11. The van der Waals surface area contributed by atoms with Crippen molar-refractivity contribution in [3.63, 3.8) is 0 Å². The van der Waals surface area contributed by atoms with Crippen LogP contribution in [0.5, 0.6) is 11.6 Å². The van der Waals surface area contributed by atoms with E-state index in [-0.39, 0.29) is 11.9 Å². The van der Waals surface area contributed by atoms with Crippen molar-refractivity contribution in [3.8, 4) is 11.6 Å². The third-order valence-electron chi connectivity index (χ3n) is 3.33. The maximum absolute atomic E-state index is 12.3. The van der Waals surface area contributed by atoms with Gasteiger partial charge >= 0.3 is 0 Å². The molecule has 0 aliphatic rings. The molecule has 24 heavy (non-hydrogen) atoms. The van der Waals surface area contributed by atoms with Gasteiger partial charge in [-0.25, -0.2) is 4.98 Å². The van der Waals surface area contributed by atoms with E-state index < -0.39 is 0 Å². The maximum atomic E-state index is 12.3. The summed E-state index contributed by atoms with van der Waals surface area (Å²) in [5.74, 6) is 0.966. The van der Waals surface area contributed by atoms with E-state index in [9.17, 15) is 4.79 Å². The van der Waals surface area contributed by atoms with Crippen molar-refractivity contribution in [2.24, 2.45) is 0 Å². The van der Waals surface area contributed by atoms with Crippen LogP contribution in [-0.4, -0.2) is 10.9 Å². The van der Waals surface area contributed by atoms with Gasteiger partial charge in [-0.2, -0.15) is 0 Å². The number of pyridine rings is 1. The Balaban J connectivity index is 1.64. The zero-order valence-corrected chi connectivity index (χ0v) is 15.3. The summed E-state index contributed by atoms with van der Waals surface area (Å²) in [5.41, 5.74) is 0.500. The first-order valence-electron chi connectivity index (χ1n) is 7.35. The lowest BCUT2D eigenvalue weighted by molar-refractivity contribution is 0.0940. The van der Waals surface area contributed by atoms with Crippen molar-refractivity contribution in [2.75, 3.05) is 0 Å². The minimum absolute atomic E-state index is 0.0323. The molecule has 0 radical (unpaired) electrons. The molecule has 0 aliphatic heterocycles. The molecule has 1 unspecified atom stereocenters. The zero-order valence-electron chi connectivity index (χ0n) is 12.9. The number of carbonyl (C=O) groups excluding carboxylic acids is 1. The topological polar surface area (TPSA) is 51.2 Å². The van der Waals surface area contributed by atoms with Gasteiger partial charge in [-0.05, 0) is 42.6 Å². The van der Waals surface area contributed by atoms with Crippen LogP contribution in [0, 0.1) is 0 Å². The highest BCUT2D eigenvalue weighted by molar-refractivity contribution is 9.10. The van der Waals surface area contributed by atoms with Gasteiger partial charge in [-0.3, -0.25) is 4.79 Å². The van der Waals surface area contributed by atoms with Gasteiger partial charge < -0.3 is 10.1 Å². The SMILES string of the molecule is CC(NC(=O)c1ccc(Oc2cccc(Br)c2)nc1)c1cccs1. The van der Waals surface area contributed by atoms with E-state index in [0.717, 1.165) is 9.35 Å². The van der Waals surface area contributed by atoms with Gasteiger partial charge in [0.25, 0.3) is 5.91 Å². The van der Waals surface area contributed by atoms with Crippen LogP contribution in [0.4, 0.5) is 0 Å². The lowest BCUT2D eigenvalue weighted by Crippen LogP contribution is -2.26. The number of halogens is 1. The number of nitrogens with zero attached hydrogens (tertiary/aromatic N) is 1. The molecule has 4 nitrogen and oxygen atoms in total. The molecule has 3 aromatic rings. The summed E-state index contributed by atoms with van der Waals surface area (Å²) in [7, 11) is 0.